The summed E-state index contributed by atoms with van der Waals surface area (Å²) in [4.78, 5) is 11.1. The second kappa shape index (κ2) is 5.72. The van der Waals surface area contributed by atoms with Crippen molar-refractivity contribution in [3.63, 3.8) is 0 Å². The molecule has 5 heteroatoms. The van der Waals surface area contributed by atoms with Crippen molar-refractivity contribution in [2.24, 2.45) is 0 Å². The maximum absolute atomic E-state index is 5.93. The van der Waals surface area contributed by atoms with E-state index in [2.05, 4.69) is 57.4 Å². The average molecular weight is 309 g/mol. The third-order valence-corrected chi connectivity index (χ3v) is 4.94. The normalized spacial score (nSPS) is 24.0. The number of nitrogens with one attached hydrogen (secondary N) is 1. The topological polar surface area (TPSA) is 67.1 Å². The van der Waals surface area contributed by atoms with Crippen molar-refractivity contribution in [2.45, 2.75) is 44.2 Å². The number of rotatable bonds is 4. The molecule has 0 spiro atoms. The summed E-state index contributed by atoms with van der Waals surface area (Å²) >= 11 is 0. The van der Waals surface area contributed by atoms with Gasteiger partial charge in [0.1, 0.15) is 11.6 Å². The van der Waals surface area contributed by atoms with Crippen molar-refractivity contribution in [2.75, 3.05) is 22.5 Å². The Morgan fingerprint density at radius 3 is 2.65 bits per heavy atom. The number of nitrogens with two attached hydrogens (primary N) is 1. The van der Waals surface area contributed by atoms with Gasteiger partial charge in [-0.15, -0.1) is 0 Å². The molecule has 0 bridgehead atoms. The minimum Gasteiger partial charge on any atom is -0.368 e. The standard InChI is InChI=1S/C18H23N5/c1-12-15(13-5-3-2-4-6-13)9-10-23(12)17-11-16(20-14-7-8-14)21-18(19)22-17/h2-6,11-12,14-15H,7-10H2,1H3,(H3,19,20,21,22)/t12-,15-/m0/s1. The summed E-state index contributed by atoms with van der Waals surface area (Å²) in [7, 11) is 0. The number of benzene rings is 1. The van der Waals surface area contributed by atoms with E-state index in [0.29, 0.717) is 23.9 Å². The fourth-order valence-corrected chi connectivity index (χ4v) is 3.52. The van der Waals surface area contributed by atoms with E-state index in [1.165, 1.54) is 18.4 Å². The van der Waals surface area contributed by atoms with Gasteiger partial charge in [0, 0.05) is 30.6 Å². The van der Waals surface area contributed by atoms with Gasteiger partial charge >= 0.3 is 0 Å². The molecule has 1 aromatic heterocycles. The number of aromatic nitrogens is 2. The monoisotopic (exact) mass is 309 g/mol. The highest BCUT2D eigenvalue weighted by molar-refractivity contribution is 5.55. The first-order valence-electron chi connectivity index (χ1n) is 8.43. The van der Waals surface area contributed by atoms with Gasteiger partial charge in [-0.3, -0.25) is 0 Å². The third-order valence-electron chi connectivity index (χ3n) is 4.94. The Morgan fingerprint density at radius 2 is 1.91 bits per heavy atom. The van der Waals surface area contributed by atoms with Crippen LogP contribution >= 0.6 is 0 Å². The van der Waals surface area contributed by atoms with Gasteiger partial charge in [0.05, 0.1) is 0 Å². The predicted octanol–water partition coefficient (Wildman–Crippen LogP) is 3.02. The van der Waals surface area contributed by atoms with Crippen molar-refractivity contribution < 1.29 is 0 Å². The maximum Gasteiger partial charge on any atom is 0.223 e. The lowest BCUT2D eigenvalue weighted by Gasteiger charge is -2.26. The highest BCUT2D eigenvalue weighted by Gasteiger charge is 2.33. The van der Waals surface area contributed by atoms with Gasteiger partial charge in [-0.25, -0.2) is 0 Å². The van der Waals surface area contributed by atoms with E-state index in [-0.39, 0.29) is 0 Å². The average Bonchev–Trinajstić information content (AvgIpc) is 3.27. The highest BCUT2D eigenvalue weighted by atomic mass is 15.3. The Balaban J connectivity index is 1.57. The molecule has 0 unspecified atom stereocenters. The van der Waals surface area contributed by atoms with Crippen molar-refractivity contribution in [3.8, 4) is 0 Å². The van der Waals surface area contributed by atoms with Gasteiger partial charge in [-0.1, -0.05) is 30.3 Å². The molecule has 1 saturated heterocycles. The van der Waals surface area contributed by atoms with Crippen LogP contribution in [0.15, 0.2) is 36.4 Å². The lowest BCUT2D eigenvalue weighted by Crippen LogP contribution is -2.30. The summed E-state index contributed by atoms with van der Waals surface area (Å²) in [5.41, 5.74) is 7.33. The smallest absolute Gasteiger partial charge is 0.223 e. The summed E-state index contributed by atoms with van der Waals surface area (Å²) in [6.07, 6.45) is 3.57. The summed E-state index contributed by atoms with van der Waals surface area (Å²) in [5.74, 6) is 2.67. The minimum atomic E-state index is 0.348. The molecule has 4 rings (SSSR count). The molecule has 2 atom stereocenters. The van der Waals surface area contributed by atoms with Crippen LogP contribution in [0.4, 0.5) is 17.6 Å². The van der Waals surface area contributed by atoms with Gasteiger partial charge in [-0.2, -0.15) is 9.97 Å². The largest absolute Gasteiger partial charge is 0.368 e. The zero-order valence-electron chi connectivity index (χ0n) is 13.4. The predicted molar refractivity (Wildman–Crippen MR) is 93.7 cm³/mol. The Kier molecular flexibility index (Phi) is 3.56. The van der Waals surface area contributed by atoms with Crippen LogP contribution in [0.25, 0.3) is 0 Å². The number of hydrogen-bond donors (Lipinski definition) is 2. The maximum atomic E-state index is 5.93. The van der Waals surface area contributed by atoms with E-state index < -0.39 is 0 Å². The second-order valence-corrected chi connectivity index (χ2v) is 6.63. The van der Waals surface area contributed by atoms with Crippen LogP contribution < -0.4 is 16.0 Å². The highest BCUT2D eigenvalue weighted by Crippen LogP contribution is 2.36. The van der Waals surface area contributed by atoms with Gasteiger partial charge in [0.2, 0.25) is 5.95 Å². The molecule has 1 aromatic carbocycles. The molecule has 120 valence electrons. The molecule has 2 heterocycles. The van der Waals surface area contributed by atoms with E-state index in [0.717, 1.165) is 24.6 Å². The number of nitrogen functional groups attached to an aromatic ring is 1. The van der Waals surface area contributed by atoms with Crippen LogP contribution in [0, 0.1) is 0 Å². The first-order chi connectivity index (χ1) is 11.2. The number of hydrogen-bond acceptors (Lipinski definition) is 5. The van der Waals surface area contributed by atoms with Crippen LogP contribution in [0.1, 0.15) is 37.7 Å². The molecule has 2 aromatic rings. The Morgan fingerprint density at radius 1 is 1.13 bits per heavy atom. The van der Waals surface area contributed by atoms with Gasteiger partial charge < -0.3 is 16.0 Å². The van der Waals surface area contributed by atoms with Crippen LogP contribution in [0.5, 0.6) is 0 Å². The molecule has 1 saturated carbocycles. The quantitative estimate of drug-likeness (QED) is 0.908. The molecule has 2 aliphatic rings. The molecule has 0 amide bonds. The molecule has 1 aliphatic heterocycles. The molecule has 5 nitrogen and oxygen atoms in total. The number of anilines is 3. The molecule has 2 fully saturated rings. The Bertz CT molecular complexity index is 683. The van der Waals surface area contributed by atoms with Gasteiger partial charge in [0.25, 0.3) is 0 Å². The van der Waals surface area contributed by atoms with Crippen molar-refractivity contribution in [1.29, 1.82) is 0 Å². The first-order valence-corrected chi connectivity index (χ1v) is 8.43. The minimum absolute atomic E-state index is 0.348. The lowest BCUT2D eigenvalue weighted by molar-refractivity contribution is 0.632. The Labute approximate surface area is 136 Å². The lowest BCUT2D eigenvalue weighted by atomic mass is 9.93. The van der Waals surface area contributed by atoms with E-state index in [1.807, 2.05) is 6.07 Å². The summed E-state index contributed by atoms with van der Waals surface area (Å²) in [6.45, 7) is 3.27. The van der Waals surface area contributed by atoms with E-state index in [1.54, 1.807) is 0 Å². The molecule has 1 aliphatic carbocycles. The first kappa shape index (κ1) is 14.3. The van der Waals surface area contributed by atoms with Crippen LogP contribution in [0.3, 0.4) is 0 Å². The van der Waals surface area contributed by atoms with Gasteiger partial charge in [-0.05, 0) is 31.7 Å². The molecular weight excluding hydrogens is 286 g/mol. The van der Waals surface area contributed by atoms with E-state index >= 15 is 0 Å². The zero-order chi connectivity index (χ0) is 15.8. The second-order valence-electron chi connectivity index (χ2n) is 6.63. The Hall–Kier alpha value is -2.30. The van der Waals surface area contributed by atoms with Crippen molar-refractivity contribution in [1.82, 2.24) is 9.97 Å². The molecule has 0 radical (unpaired) electrons. The van der Waals surface area contributed by atoms with Crippen molar-refractivity contribution >= 4 is 17.6 Å². The molecular formula is C18H23N5. The fraction of sp³-hybridized carbons (Fsp3) is 0.444. The van der Waals surface area contributed by atoms with Crippen LogP contribution in [0.2, 0.25) is 0 Å². The molecule has 23 heavy (non-hydrogen) atoms. The fourth-order valence-electron chi connectivity index (χ4n) is 3.52. The number of nitrogens with zero attached hydrogens (tertiary/aromatic N) is 3. The van der Waals surface area contributed by atoms with Crippen LogP contribution in [-0.4, -0.2) is 28.6 Å². The third kappa shape index (κ3) is 2.96. The van der Waals surface area contributed by atoms with E-state index in [4.69, 9.17) is 5.73 Å². The summed E-state index contributed by atoms with van der Waals surface area (Å²) in [6, 6.07) is 13.7. The van der Waals surface area contributed by atoms with Crippen molar-refractivity contribution in [3.05, 3.63) is 42.0 Å². The summed E-state index contributed by atoms with van der Waals surface area (Å²) in [5, 5.41) is 3.42. The summed E-state index contributed by atoms with van der Waals surface area (Å²) < 4.78 is 0. The zero-order valence-corrected chi connectivity index (χ0v) is 13.4. The SMILES string of the molecule is C[C@H]1[C@@H](c2ccccc2)CCN1c1cc(NC2CC2)nc(N)n1. The van der Waals surface area contributed by atoms with Gasteiger partial charge in [0.15, 0.2) is 0 Å². The van der Waals surface area contributed by atoms with Crippen LogP contribution in [-0.2, 0) is 0 Å². The van der Waals surface area contributed by atoms with E-state index in [9.17, 15) is 0 Å². The molecule has 3 N–H and O–H groups in total.